The van der Waals surface area contributed by atoms with Crippen molar-refractivity contribution in [3.63, 3.8) is 0 Å². The first-order valence-electron chi connectivity index (χ1n) is 22.8. The van der Waals surface area contributed by atoms with Gasteiger partial charge in [0.2, 0.25) is 0 Å². The van der Waals surface area contributed by atoms with Crippen molar-refractivity contribution < 1.29 is 28.6 Å². The smallest absolute Gasteiger partial charge is 0.306 e. The predicted octanol–water partition coefficient (Wildman–Crippen LogP) is 14.2. The molecular weight excluding hydrogens is 648 g/mol. The zero-order chi connectivity index (χ0) is 38.3. The highest BCUT2D eigenvalue weighted by Crippen LogP contribution is 2.17. The van der Waals surface area contributed by atoms with Crippen molar-refractivity contribution in [1.29, 1.82) is 0 Å². The zero-order valence-electron chi connectivity index (χ0n) is 35.4. The molecule has 0 spiro atoms. The highest BCUT2D eigenvalue weighted by Gasteiger charge is 2.19. The standard InChI is InChI=1S/C46H88O6/c1-6-8-9-10-11-12-13-14-15-16-17-20-28-33-38-46(49)52-43(39-50-44(47)36-31-26-21-18-19-24-29-34-41(3)4)40-51-45(48)37-32-27-23-22-25-30-35-42(5)7-2/h41-43H,6-40H2,1-5H3/t42?,43-/m0/s1. The Hall–Kier alpha value is -1.59. The molecule has 52 heavy (non-hydrogen) atoms. The maximum atomic E-state index is 12.7. The molecule has 0 aromatic rings. The summed E-state index contributed by atoms with van der Waals surface area (Å²) in [4.78, 5) is 37.7. The fourth-order valence-electron chi connectivity index (χ4n) is 6.72. The summed E-state index contributed by atoms with van der Waals surface area (Å²) in [6.45, 7) is 11.3. The van der Waals surface area contributed by atoms with Gasteiger partial charge in [0.25, 0.3) is 0 Å². The highest BCUT2D eigenvalue weighted by atomic mass is 16.6. The fraction of sp³-hybridized carbons (Fsp3) is 0.935. The fourth-order valence-corrected chi connectivity index (χ4v) is 6.72. The van der Waals surface area contributed by atoms with Crippen LogP contribution in [-0.2, 0) is 28.6 Å². The van der Waals surface area contributed by atoms with Crippen LogP contribution >= 0.6 is 0 Å². The number of rotatable bonds is 40. The van der Waals surface area contributed by atoms with Crippen LogP contribution in [0.15, 0.2) is 0 Å². The van der Waals surface area contributed by atoms with Gasteiger partial charge in [0.1, 0.15) is 13.2 Å². The summed E-state index contributed by atoms with van der Waals surface area (Å²) in [5.41, 5.74) is 0. The molecule has 6 nitrogen and oxygen atoms in total. The molecule has 0 saturated carbocycles. The second kappa shape index (κ2) is 39.1. The molecule has 308 valence electrons. The van der Waals surface area contributed by atoms with Crippen molar-refractivity contribution >= 4 is 17.9 Å². The largest absolute Gasteiger partial charge is 0.462 e. The van der Waals surface area contributed by atoms with E-state index in [-0.39, 0.29) is 31.1 Å². The molecule has 0 aliphatic carbocycles. The quantitative estimate of drug-likeness (QED) is 0.0354. The predicted molar refractivity (Wildman–Crippen MR) is 220 cm³/mol. The van der Waals surface area contributed by atoms with E-state index in [1.54, 1.807) is 0 Å². The van der Waals surface area contributed by atoms with Crippen molar-refractivity contribution in [1.82, 2.24) is 0 Å². The average molecular weight is 737 g/mol. The molecule has 0 aliphatic heterocycles. The van der Waals surface area contributed by atoms with Gasteiger partial charge in [-0.15, -0.1) is 0 Å². The molecular formula is C46H88O6. The lowest BCUT2D eigenvalue weighted by molar-refractivity contribution is -0.167. The molecule has 0 heterocycles. The second-order valence-corrected chi connectivity index (χ2v) is 16.4. The van der Waals surface area contributed by atoms with Crippen LogP contribution in [0.4, 0.5) is 0 Å². The topological polar surface area (TPSA) is 78.9 Å². The molecule has 2 atom stereocenters. The van der Waals surface area contributed by atoms with E-state index in [0.717, 1.165) is 69.6 Å². The van der Waals surface area contributed by atoms with Gasteiger partial charge in [-0.1, -0.05) is 208 Å². The van der Waals surface area contributed by atoms with E-state index in [2.05, 4.69) is 34.6 Å². The number of esters is 3. The highest BCUT2D eigenvalue weighted by molar-refractivity contribution is 5.71. The normalized spacial score (nSPS) is 12.6. The second-order valence-electron chi connectivity index (χ2n) is 16.4. The number of unbranched alkanes of at least 4 members (excludes halogenated alkanes) is 24. The van der Waals surface area contributed by atoms with Crippen molar-refractivity contribution in [2.24, 2.45) is 11.8 Å². The molecule has 0 bridgehead atoms. The first-order chi connectivity index (χ1) is 25.3. The minimum Gasteiger partial charge on any atom is -0.462 e. The summed E-state index contributed by atoms with van der Waals surface area (Å²) in [6, 6.07) is 0. The Morgan fingerprint density at radius 2 is 0.731 bits per heavy atom. The lowest BCUT2D eigenvalue weighted by Crippen LogP contribution is -2.30. The molecule has 0 rings (SSSR count). The Labute approximate surface area is 323 Å². The Morgan fingerprint density at radius 3 is 1.10 bits per heavy atom. The average Bonchev–Trinajstić information content (AvgIpc) is 3.12. The third-order valence-electron chi connectivity index (χ3n) is 10.6. The van der Waals surface area contributed by atoms with Crippen molar-refractivity contribution in [3.8, 4) is 0 Å². The lowest BCUT2D eigenvalue weighted by Gasteiger charge is -2.18. The molecule has 0 aromatic carbocycles. The maximum Gasteiger partial charge on any atom is 0.306 e. The SMILES string of the molecule is CCCCCCCCCCCCCCCCC(=O)O[C@@H](COC(=O)CCCCCCCCCC(C)C)COC(=O)CCCCCCCCC(C)CC. The van der Waals surface area contributed by atoms with Gasteiger partial charge in [-0.3, -0.25) is 14.4 Å². The van der Waals surface area contributed by atoms with Gasteiger partial charge in [-0.05, 0) is 31.1 Å². The molecule has 0 amide bonds. The molecule has 0 N–H and O–H groups in total. The van der Waals surface area contributed by atoms with Crippen LogP contribution in [0, 0.1) is 11.8 Å². The molecule has 1 unspecified atom stereocenters. The van der Waals surface area contributed by atoms with Crippen molar-refractivity contribution in [2.45, 2.75) is 253 Å². The van der Waals surface area contributed by atoms with Crippen LogP contribution in [0.3, 0.4) is 0 Å². The Balaban J connectivity index is 4.34. The van der Waals surface area contributed by atoms with E-state index in [0.29, 0.717) is 19.3 Å². The number of carbonyl (C=O) groups is 3. The molecule has 0 saturated heterocycles. The van der Waals surface area contributed by atoms with Crippen molar-refractivity contribution in [2.75, 3.05) is 13.2 Å². The van der Waals surface area contributed by atoms with Gasteiger partial charge < -0.3 is 14.2 Å². The van der Waals surface area contributed by atoms with Crippen LogP contribution in [0.1, 0.15) is 247 Å². The van der Waals surface area contributed by atoms with Gasteiger partial charge in [-0.25, -0.2) is 0 Å². The molecule has 0 radical (unpaired) electrons. The summed E-state index contributed by atoms with van der Waals surface area (Å²) in [7, 11) is 0. The maximum absolute atomic E-state index is 12.7. The van der Waals surface area contributed by atoms with E-state index >= 15 is 0 Å². The lowest BCUT2D eigenvalue weighted by atomic mass is 10.00. The summed E-state index contributed by atoms with van der Waals surface area (Å²) < 4.78 is 16.7. The summed E-state index contributed by atoms with van der Waals surface area (Å²) in [5, 5.41) is 0. The van der Waals surface area contributed by atoms with Crippen LogP contribution in [0.5, 0.6) is 0 Å². The summed E-state index contributed by atoms with van der Waals surface area (Å²) >= 11 is 0. The van der Waals surface area contributed by atoms with Gasteiger partial charge in [-0.2, -0.15) is 0 Å². The van der Waals surface area contributed by atoms with Crippen LogP contribution in [0.25, 0.3) is 0 Å². The monoisotopic (exact) mass is 737 g/mol. The molecule has 0 aliphatic rings. The summed E-state index contributed by atoms with van der Waals surface area (Å²) in [6.07, 6.45) is 36.7. The number of ether oxygens (including phenoxy) is 3. The molecule has 0 fully saturated rings. The van der Waals surface area contributed by atoms with Gasteiger partial charge >= 0.3 is 17.9 Å². The van der Waals surface area contributed by atoms with Crippen LogP contribution in [-0.4, -0.2) is 37.2 Å². The first kappa shape index (κ1) is 50.4. The Bertz CT molecular complexity index is 796. The van der Waals surface area contributed by atoms with E-state index in [4.69, 9.17) is 14.2 Å². The minimum atomic E-state index is -0.761. The van der Waals surface area contributed by atoms with Crippen LogP contribution in [0.2, 0.25) is 0 Å². The summed E-state index contributed by atoms with van der Waals surface area (Å²) in [5.74, 6) is 0.733. The zero-order valence-corrected chi connectivity index (χ0v) is 35.4. The number of hydrogen-bond acceptors (Lipinski definition) is 6. The van der Waals surface area contributed by atoms with Gasteiger partial charge in [0.05, 0.1) is 0 Å². The van der Waals surface area contributed by atoms with E-state index in [1.165, 1.54) is 135 Å². The number of carbonyl (C=O) groups excluding carboxylic acids is 3. The van der Waals surface area contributed by atoms with Gasteiger partial charge in [0, 0.05) is 19.3 Å². The van der Waals surface area contributed by atoms with Crippen molar-refractivity contribution in [3.05, 3.63) is 0 Å². The van der Waals surface area contributed by atoms with Gasteiger partial charge in [0.15, 0.2) is 6.10 Å². The van der Waals surface area contributed by atoms with Crippen LogP contribution < -0.4 is 0 Å². The molecule has 0 aromatic heterocycles. The van der Waals surface area contributed by atoms with E-state index < -0.39 is 6.10 Å². The third-order valence-corrected chi connectivity index (χ3v) is 10.6. The Morgan fingerprint density at radius 1 is 0.404 bits per heavy atom. The third kappa shape index (κ3) is 38.1. The van der Waals surface area contributed by atoms with E-state index in [1.807, 2.05) is 0 Å². The molecule has 6 heteroatoms. The minimum absolute atomic E-state index is 0.0664. The first-order valence-corrected chi connectivity index (χ1v) is 22.8. The van der Waals surface area contributed by atoms with E-state index in [9.17, 15) is 14.4 Å². The Kier molecular flexibility index (Phi) is 37.9. The number of hydrogen-bond donors (Lipinski definition) is 0.